The van der Waals surface area contributed by atoms with Gasteiger partial charge in [0.15, 0.2) is 0 Å². The average Bonchev–Trinajstić information content (AvgIpc) is 2.38. The van der Waals surface area contributed by atoms with Crippen molar-refractivity contribution in [3.05, 3.63) is 48.0 Å². The second kappa shape index (κ2) is 5.21. The maximum atomic E-state index is 5.26. The summed E-state index contributed by atoms with van der Waals surface area (Å²) in [5, 5.41) is 0. The number of hydrogen-bond acceptors (Lipinski definition) is 4. The van der Waals surface area contributed by atoms with E-state index >= 15 is 0 Å². The third-order valence-corrected chi connectivity index (χ3v) is 2.25. The Bertz CT molecular complexity index is 523. The predicted octanol–water partition coefficient (Wildman–Crippen LogP) is 2.54. The van der Waals surface area contributed by atoms with E-state index in [1.807, 2.05) is 25.1 Å². The molecule has 0 fully saturated rings. The van der Waals surface area contributed by atoms with Gasteiger partial charge in [-0.15, -0.1) is 0 Å². The third-order valence-electron chi connectivity index (χ3n) is 2.25. The summed E-state index contributed by atoms with van der Waals surface area (Å²) in [7, 11) is 1.64. The van der Waals surface area contributed by atoms with Crippen LogP contribution < -0.4 is 4.74 Å². The molecule has 0 radical (unpaired) electrons. The zero-order valence-electron chi connectivity index (χ0n) is 9.79. The molecule has 4 nitrogen and oxygen atoms in total. The number of aliphatic imine (C=N–C) groups is 1. The van der Waals surface area contributed by atoms with E-state index in [1.54, 1.807) is 31.9 Å². The largest absolute Gasteiger partial charge is 0.494 e. The van der Waals surface area contributed by atoms with Crippen LogP contribution in [0.1, 0.15) is 11.3 Å². The zero-order valence-corrected chi connectivity index (χ0v) is 9.79. The third kappa shape index (κ3) is 2.87. The fourth-order valence-electron chi connectivity index (χ4n) is 1.40. The van der Waals surface area contributed by atoms with Gasteiger partial charge < -0.3 is 4.74 Å². The Morgan fingerprint density at radius 3 is 2.88 bits per heavy atom. The van der Waals surface area contributed by atoms with E-state index in [9.17, 15) is 0 Å². The Balaban J connectivity index is 2.27. The van der Waals surface area contributed by atoms with E-state index in [0.717, 1.165) is 22.7 Å². The predicted molar refractivity (Wildman–Crippen MR) is 67.0 cm³/mol. The summed E-state index contributed by atoms with van der Waals surface area (Å²) in [6, 6.07) is 5.86. The molecule has 0 atom stereocenters. The van der Waals surface area contributed by atoms with E-state index in [0.29, 0.717) is 0 Å². The number of aryl methyl sites for hydroxylation is 1. The van der Waals surface area contributed by atoms with Crippen molar-refractivity contribution in [2.75, 3.05) is 7.11 Å². The molecule has 0 aliphatic heterocycles. The van der Waals surface area contributed by atoms with Crippen LogP contribution in [0.15, 0.2) is 41.8 Å². The Morgan fingerprint density at radius 2 is 2.18 bits per heavy atom. The summed E-state index contributed by atoms with van der Waals surface area (Å²) < 4.78 is 5.26. The highest BCUT2D eigenvalue weighted by Crippen LogP contribution is 2.27. The number of ether oxygens (including phenoxy) is 1. The topological polar surface area (TPSA) is 47.4 Å². The highest BCUT2D eigenvalue weighted by atomic mass is 16.5. The van der Waals surface area contributed by atoms with Crippen LogP contribution >= 0.6 is 0 Å². The van der Waals surface area contributed by atoms with Crippen molar-refractivity contribution < 1.29 is 4.74 Å². The Labute approximate surface area is 100 Å². The zero-order chi connectivity index (χ0) is 12.1. The van der Waals surface area contributed by atoms with Crippen LogP contribution in [-0.4, -0.2) is 23.3 Å². The number of benzene rings is 1. The maximum Gasteiger partial charge on any atom is 0.144 e. The summed E-state index contributed by atoms with van der Waals surface area (Å²) in [6.45, 7) is 2.01. The van der Waals surface area contributed by atoms with E-state index in [1.165, 1.54) is 0 Å². The van der Waals surface area contributed by atoms with Crippen LogP contribution in [0.25, 0.3) is 0 Å². The Hall–Kier alpha value is -2.23. The molecule has 0 saturated heterocycles. The quantitative estimate of drug-likeness (QED) is 0.757. The lowest BCUT2D eigenvalue weighted by atomic mass is 10.2. The number of aromatic nitrogens is 2. The fourth-order valence-corrected chi connectivity index (χ4v) is 1.40. The van der Waals surface area contributed by atoms with E-state index < -0.39 is 0 Å². The van der Waals surface area contributed by atoms with Gasteiger partial charge in [0, 0.05) is 12.4 Å². The Kier molecular flexibility index (Phi) is 3.45. The smallest absolute Gasteiger partial charge is 0.144 e. The molecule has 2 aromatic rings. The van der Waals surface area contributed by atoms with E-state index in [2.05, 4.69) is 15.0 Å². The number of hydrogen-bond donors (Lipinski definition) is 0. The van der Waals surface area contributed by atoms with Gasteiger partial charge in [0.05, 0.1) is 25.2 Å². The lowest BCUT2D eigenvalue weighted by molar-refractivity contribution is 0.416. The fraction of sp³-hybridized carbons (Fsp3) is 0.154. The summed E-state index contributed by atoms with van der Waals surface area (Å²) >= 11 is 0. The van der Waals surface area contributed by atoms with Crippen molar-refractivity contribution >= 4 is 11.9 Å². The molecule has 1 aromatic heterocycles. The molecule has 0 unspecified atom stereocenters. The van der Waals surface area contributed by atoms with Gasteiger partial charge in [-0.05, 0) is 24.6 Å². The number of nitrogens with zero attached hydrogens (tertiary/aromatic N) is 3. The van der Waals surface area contributed by atoms with Crippen LogP contribution in [0.5, 0.6) is 5.75 Å². The van der Waals surface area contributed by atoms with Gasteiger partial charge in [-0.3, -0.25) is 15.0 Å². The van der Waals surface area contributed by atoms with Crippen molar-refractivity contribution in [1.29, 1.82) is 0 Å². The van der Waals surface area contributed by atoms with Crippen molar-refractivity contribution in [2.24, 2.45) is 4.99 Å². The second-order valence-electron chi connectivity index (χ2n) is 3.56. The Morgan fingerprint density at radius 1 is 1.29 bits per heavy atom. The minimum absolute atomic E-state index is 0.718. The first-order chi connectivity index (χ1) is 8.29. The first-order valence-electron chi connectivity index (χ1n) is 5.24. The van der Waals surface area contributed by atoms with Gasteiger partial charge in [0.2, 0.25) is 0 Å². The molecule has 86 valence electrons. The van der Waals surface area contributed by atoms with E-state index in [4.69, 9.17) is 4.74 Å². The molecule has 1 heterocycles. The van der Waals surface area contributed by atoms with Crippen LogP contribution in [0.4, 0.5) is 5.69 Å². The molecule has 0 amide bonds. The molecule has 2 rings (SSSR count). The molecule has 1 aromatic carbocycles. The molecule has 0 aliphatic carbocycles. The summed E-state index contributed by atoms with van der Waals surface area (Å²) in [5.74, 6) is 0.755. The minimum Gasteiger partial charge on any atom is -0.494 e. The maximum absolute atomic E-state index is 5.26. The first-order valence-corrected chi connectivity index (χ1v) is 5.24. The van der Waals surface area contributed by atoms with Gasteiger partial charge in [0.1, 0.15) is 11.4 Å². The summed E-state index contributed by atoms with van der Waals surface area (Å²) in [6.07, 6.45) is 6.59. The molecule has 0 aliphatic rings. The standard InChI is InChI=1S/C13H13N3O/c1-10-3-4-12(13(7-10)17-2)16-9-11-8-14-5-6-15-11/h3-9H,1-2H3/b16-9+. The van der Waals surface area contributed by atoms with Gasteiger partial charge in [-0.1, -0.05) is 6.07 Å². The van der Waals surface area contributed by atoms with Crippen molar-refractivity contribution in [3.8, 4) is 5.75 Å². The number of methoxy groups -OCH3 is 1. The first kappa shape index (κ1) is 11.3. The highest BCUT2D eigenvalue weighted by Gasteiger charge is 2.00. The SMILES string of the molecule is COc1cc(C)ccc1/N=C/c1cnccn1. The molecule has 0 N–H and O–H groups in total. The van der Waals surface area contributed by atoms with Crippen LogP contribution in [0.3, 0.4) is 0 Å². The van der Waals surface area contributed by atoms with Crippen LogP contribution in [-0.2, 0) is 0 Å². The van der Waals surface area contributed by atoms with Crippen LogP contribution in [0, 0.1) is 6.92 Å². The molecular weight excluding hydrogens is 214 g/mol. The van der Waals surface area contributed by atoms with Gasteiger partial charge >= 0.3 is 0 Å². The highest BCUT2D eigenvalue weighted by molar-refractivity contribution is 5.80. The average molecular weight is 227 g/mol. The van der Waals surface area contributed by atoms with E-state index in [-0.39, 0.29) is 0 Å². The molecule has 17 heavy (non-hydrogen) atoms. The van der Waals surface area contributed by atoms with Gasteiger partial charge in [0.25, 0.3) is 0 Å². The number of rotatable bonds is 3. The molecular formula is C13H13N3O. The molecule has 4 heteroatoms. The van der Waals surface area contributed by atoms with Gasteiger partial charge in [-0.2, -0.15) is 0 Å². The molecule has 0 saturated carbocycles. The lowest BCUT2D eigenvalue weighted by Crippen LogP contribution is -1.88. The minimum atomic E-state index is 0.718. The van der Waals surface area contributed by atoms with Gasteiger partial charge in [-0.25, -0.2) is 0 Å². The van der Waals surface area contributed by atoms with Crippen molar-refractivity contribution in [3.63, 3.8) is 0 Å². The van der Waals surface area contributed by atoms with Crippen molar-refractivity contribution in [1.82, 2.24) is 9.97 Å². The molecule has 0 spiro atoms. The van der Waals surface area contributed by atoms with Crippen molar-refractivity contribution in [2.45, 2.75) is 6.92 Å². The van der Waals surface area contributed by atoms with Crippen LogP contribution in [0.2, 0.25) is 0 Å². The summed E-state index contributed by atoms with van der Waals surface area (Å²) in [5.41, 5.74) is 2.64. The lowest BCUT2D eigenvalue weighted by Gasteiger charge is -2.04. The normalized spacial score (nSPS) is 10.7. The summed E-state index contributed by atoms with van der Waals surface area (Å²) in [4.78, 5) is 12.4. The monoisotopic (exact) mass is 227 g/mol. The second-order valence-corrected chi connectivity index (χ2v) is 3.56. The molecule has 0 bridgehead atoms.